The molecule has 1 atom stereocenters. The van der Waals surface area contributed by atoms with Crippen molar-refractivity contribution < 1.29 is 23.8 Å². The molecule has 0 aliphatic heterocycles. The van der Waals surface area contributed by atoms with Crippen molar-refractivity contribution in [2.24, 2.45) is 0 Å². The van der Waals surface area contributed by atoms with Gasteiger partial charge in [-0.2, -0.15) is 0 Å². The highest BCUT2D eigenvalue weighted by molar-refractivity contribution is 5.94. The van der Waals surface area contributed by atoms with E-state index in [1.807, 2.05) is 0 Å². The lowest BCUT2D eigenvalue weighted by Crippen LogP contribution is -2.42. The van der Waals surface area contributed by atoms with Crippen LogP contribution in [0.3, 0.4) is 0 Å². The van der Waals surface area contributed by atoms with Gasteiger partial charge in [-0.15, -0.1) is 0 Å². The number of amides is 1. The SMILES string of the molecule is COc1ccc(C(=O)O[C@H](C)C(=O)NC2CCCCC2)c(OC)c1. The summed E-state index contributed by atoms with van der Waals surface area (Å²) in [6.07, 6.45) is 4.59. The van der Waals surface area contributed by atoms with Crippen LogP contribution in [0.4, 0.5) is 0 Å². The van der Waals surface area contributed by atoms with Crippen molar-refractivity contribution in [3.8, 4) is 11.5 Å². The fourth-order valence-electron chi connectivity index (χ4n) is 2.81. The minimum Gasteiger partial charge on any atom is -0.497 e. The summed E-state index contributed by atoms with van der Waals surface area (Å²) in [4.78, 5) is 24.5. The minimum absolute atomic E-state index is 0.183. The molecule has 0 heterocycles. The van der Waals surface area contributed by atoms with Crippen molar-refractivity contribution in [3.63, 3.8) is 0 Å². The summed E-state index contributed by atoms with van der Waals surface area (Å²) in [6, 6.07) is 4.99. The topological polar surface area (TPSA) is 73.9 Å². The molecule has 1 amide bonds. The predicted octanol–water partition coefficient (Wildman–Crippen LogP) is 2.70. The Hall–Kier alpha value is -2.24. The lowest BCUT2D eigenvalue weighted by Gasteiger charge is -2.24. The fraction of sp³-hybridized carbons (Fsp3) is 0.556. The van der Waals surface area contributed by atoms with Crippen molar-refractivity contribution in [2.45, 2.75) is 51.2 Å². The van der Waals surface area contributed by atoms with Crippen LogP contribution in [0.1, 0.15) is 49.4 Å². The van der Waals surface area contributed by atoms with Gasteiger partial charge in [-0.05, 0) is 31.9 Å². The van der Waals surface area contributed by atoms with Crippen molar-refractivity contribution in [1.82, 2.24) is 5.32 Å². The van der Waals surface area contributed by atoms with Crippen LogP contribution >= 0.6 is 0 Å². The number of carbonyl (C=O) groups is 2. The summed E-state index contributed by atoms with van der Waals surface area (Å²) < 4.78 is 15.6. The van der Waals surface area contributed by atoms with Crippen LogP contribution in [0.15, 0.2) is 18.2 Å². The first-order chi connectivity index (χ1) is 11.5. The predicted molar refractivity (Wildman–Crippen MR) is 89.4 cm³/mol. The molecule has 1 saturated carbocycles. The number of methoxy groups -OCH3 is 2. The number of hydrogen-bond acceptors (Lipinski definition) is 5. The number of esters is 1. The van der Waals surface area contributed by atoms with E-state index in [0.717, 1.165) is 25.7 Å². The second kappa shape index (κ2) is 8.57. The van der Waals surface area contributed by atoms with Gasteiger partial charge in [0, 0.05) is 12.1 Å². The molecule has 6 nitrogen and oxygen atoms in total. The van der Waals surface area contributed by atoms with Crippen molar-refractivity contribution in [1.29, 1.82) is 0 Å². The van der Waals surface area contributed by atoms with Crippen molar-refractivity contribution >= 4 is 11.9 Å². The monoisotopic (exact) mass is 335 g/mol. The quantitative estimate of drug-likeness (QED) is 0.809. The van der Waals surface area contributed by atoms with E-state index in [-0.39, 0.29) is 17.5 Å². The molecule has 24 heavy (non-hydrogen) atoms. The molecule has 0 radical (unpaired) electrons. The van der Waals surface area contributed by atoms with E-state index >= 15 is 0 Å². The summed E-state index contributed by atoms with van der Waals surface area (Å²) >= 11 is 0. The van der Waals surface area contributed by atoms with Gasteiger partial charge < -0.3 is 19.5 Å². The van der Waals surface area contributed by atoms with Crippen molar-refractivity contribution in [2.75, 3.05) is 14.2 Å². The zero-order chi connectivity index (χ0) is 17.5. The third-order valence-electron chi connectivity index (χ3n) is 4.23. The van der Waals surface area contributed by atoms with Gasteiger partial charge in [-0.1, -0.05) is 19.3 Å². The maximum atomic E-state index is 12.3. The minimum atomic E-state index is -0.855. The summed E-state index contributed by atoms with van der Waals surface area (Å²) in [5, 5.41) is 2.95. The number of rotatable bonds is 6. The zero-order valence-electron chi connectivity index (χ0n) is 14.5. The van der Waals surface area contributed by atoms with Crippen LogP contribution in [0.2, 0.25) is 0 Å². The average molecular weight is 335 g/mol. The van der Waals surface area contributed by atoms with E-state index in [9.17, 15) is 9.59 Å². The largest absolute Gasteiger partial charge is 0.497 e. The number of benzene rings is 1. The Morgan fingerprint density at radius 2 is 1.83 bits per heavy atom. The molecule has 0 aromatic heterocycles. The number of hydrogen-bond donors (Lipinski definition) is 1. The molecule has 2 rings (SSSR count). The standard InChI is InChI=1S/C18H25NO5/c1-12(17(20)19-13-7-5-4-6-8-13)24-18(21)15-10-9-14(22-2)11-16(15)23-3/h9-13H,4-8H2,1-3H3,(H,19,20)/t12-/m1/s1. The molecule has 0 bridgehead atoms. The summed E-state index contributed by atoms with van der Waals surface area (Å²) in [5.41, 5.74) is 0.260. The molecule has 1 N–H and O–H groups in total. The van der Waals surface area contributed by atoms with Gasteiger partial charge in [-0.25, -0.2) is 4.79 Å². The molecule has 1 aromatic carbocycles. The van der Waals surface area contributed by atoms with Crippen LogP contribution in [0, 0.1) is 0 Å². The Labute approximate surface area is 142 Å². The van der Waals surface area contributed by atoms with Gasteiger partial charge in [0.05, 0.1) is 14.2 Å². The first kappa shape index (κ1) is 18.1. The van der Waals surface area contributed by atoms with Crippen LogP contribution < -0.4 is 14.8 Å². The number of nitrogens with one attached hydrogen (secondary N) is 1. The van der Waals surface area contributed by atoms with E-state index in [0.29, 0.717) is 11.5 Å². The third-order valence-corrected chi connectivity index (χ3v) is 4.23. The molecule has 1 aromatic rings. The second-order valence-electron chi connectivity index (χ2n) is 5.96. The van der Waals surface area contributed by atoms with Gasteiger partial charge in [0.15, 0.2) is 6.10 Å². The summed E-state index contributed by atoms with van der Waals surface area (Å²) in [5.74, 6) is 0.0641. The second-order valence-corrected chi connectivity index (χ2v) is 5.96. The van der Waals surface area contributed by atoms with E-state index < -0.39 is 12.1 Å². The van der Waals surface area contributed by atoms with E-state index in [4.69, 9.17) is 14.2 Å². The number of ether oxygens (including phenoxy) is 3. The normalized spacial score (nSPS) is 16.1. The van der Waals surface area contributed by atoms with Gasteiger partial charge in [0.1, 0.15) is 17.1 Å². The smallest absolute Gasteiger partial charge is 0.342 e. The third kappa shape index (κ3) is 4.63. The molecular formula is C18H25NO5. The van der Waals surface area contributed by atoms with Crippen LogP contribution in [0.5, 0.6) is 11.5 Å². The Bertz CT molecular complexity index is 581. The Kier molecular flexibility index (Phi) is 6.46. The Morgan fingerprint density at radius 1 is 1.12 bits per heavy atom. The van der Waals surface area contributed by atoms with Crippen LogP contribution in [-0.2, 0) is 9.53 Å². The molecule has 0 spiro atoms. The molecule has 0 unspecified atom stereocenters. The first-order valence-corrected chi connectivity index (χ1v) is 8.28. The van der Waals surface area contributed by atoms with E-state index in [1.54, 1.807) is 25.1 Å². The van der Waals surface area contributed by atoms with Crippen LogP contribution in [-0.4, -0.2) is 38.2 Å². The highest BCUT2D eigenvalue weighted by Crippen LogP contribution is 2.25. The molecular weight excluding hydrogens is 310 g/mol. The van der Waals surface area contributed by atoms with Crippen molar-refractivity contribution in [3.05, 3.63) is 23.8 Å². The average Bonchev–Trinajstić information content (AvgIpc) is 2.61. The van der Waals surface area contributed by atoms with E-state index in [1.165, 1.54) is 20.6 Å². The van der Waals surface area contributed by atoms with Gasteiger partial charge in [0.25, 0.3) is 5.91 Å². The molecule has 132 valence electrons. The van der Waals surface area contributed by atoms with Crippen LogP contribution in [0.25, 0.3) is 0 Å². The Morgan fingerprint density at radius 3 is 2.46 bits per heavy atom. The van der Waals surface area contributed by atoms with Gasteiger partial charge in [0.2, 0.25) is 0 Å². The molecule has 0 saturated heterocycles. The molecule has 1 fully saturated rings. The van der Waals surface area contributed by atoms with Gasteiger partial charge in [-0.3, -0.25) is 4.79 Å². The molecule has 1 aliphatic rings. The highest BCUT2D eigenvalue weighted by Gasteiger charge is 2.24. The first-order valence-electron chi connectivity index (χ1n) is 8.28. The molecule has 6 heteroatoms. The maximum Gasteiger partial charge on any atom is 0.342 e. The fourth-order valence-corrected chi connectivity index (χ4v) is 2.81. The lowest BCUT2D eigenvalue weighted by atomic mass is 9.95. The highest BCUT2D eigenvalue weighted by atomic mass is 16.5. The van der Waals surface area contributed by atoms with E-state index in [2.05, 4.69) is 5.32 Å². The summed E-state index contributed by atoms with van der Waals surface area (Å²) in [7, 11) is 3.00. The maximum absolute atomic E-state index is 12.3. The lowest BCUT2D eigenvalue weighted by molar-refractivity contribution is -0.130. The van der Waals surface area contributed by atoms with Gasteiger partial charge >= 0.3 is 5.97 Å². The summed E-state index contributed by atoms with van der Waals surface area (Å²) in [6.45, 7) is 1.58. The Balaban J connectivity index is 1.96. The molecule has 1 aliphatic carbocycles. The number of carbonyl (C=O) groups excluding carboxylic acids is 2. The zero-order valence-corrected chi connectivity index (χ0v) is 14.5.